The minimum atomic E-state index is -0.883. The highest BCUT2D eigenvalue weighted by Crippen LogP contribution is 2.24. The maximum Gasteiger partial charge on any atom is 0.337 e. The topological polar surface area (TPSA) is 54.3 Å². The lowest BCUT2D eigenvalue weighted by molar-refractivity contribution is 0.0694. The summed E-state index contributed by atoms with van der Waals surface area (Å²) in [6.45, 7) is 9.57. The molecule has 0 radical (unpaired) electrons. The van der Waals surface area contributed by atoms with Crippen LogP contribution in [0.4, 0.5) is 0 Å². The summed E-state index contributed by atoms with van der Waals surface area (Å²) in [6.07, 6.45) is 2.67. The summed E-state index contributed by atoms with van der Waals surface area (Å²) in [5.74, 6) is -0.883. The summed E-state index contributed by atoms with van der Waals surface area (Å²) < 4.78 is 2.09. The van der Waals surface area contributed by atoms with E-state index >= 15 is 0 Å². The first-order valence-electron chi connectivity index (χ1n) is 9.99. The summed E-state index contributed by atoms with van der Waals surface area (Å²) in [7, 11) is 0. The van der Waals surface area contributed by atoms with Crippen molar-refractivity contribution in [2.24, 2.45) is 0 Å². The van der Waals surface area contributed by atoms with Gasteiger partial charge in [0.05, 0.1) is 5.56 Å². The van der Waals surface area contributed by atoms with Gasteiger partial charge in [0.1, 0.15) is 0 Å². The number of carboxylic acids is 1. The Morgan fingerprint density at radius 3 is 2.30 bits per heavy atom. The zero-order chi connectivity index (χ0) is 21.7. The molecule has 156 valence electrons. The number of carbonyl (C=O) groups is 1. The largest absolute Gasteiger partial charge is 0.478 e. The molecule has 4 nitrogen and oxygen atoms in total. The zero-order valence-electron chi connectivity index (χ0n) is 17.4. The highest BCUT2D eigenvalue weighted by molar-refractivity contribution is 6.30. The zero-order valence-corrected chi connectivity index (χ0v) is 18.2. The van der Waals surface area contributed by atoms with E-state index in [4.69, 9.17) is 11.6 Å². The second-order valence-corrected chi connectivity index (χ2v) is 7.85. The van der Waals surface area contributed by atoms with E-state index in [1.165, 1.54) is 5.56 Å². The Kier molecular flexibility index (Phi) is 7.14. The Morgan fingerprint density at radius 1 is 1.07 bits per heavy atom. The van der Waals surface area contributed by atoms with Crippen molar-refractivity contribution in [2.75, 3.05) is 6.54 Å². The van der Waals surface area contributed by atoms with Crippen LogP contribution < -0.4 is 5.32 Å². The van der Waals surface area contributed by atoms with Gasteiger partial charge in [0.25, 0.3) is 0 Å². The Labute approximate surface area is 182 Å². The average molecular weight is 423 g/mol. The lowest BCUT2D eigenvalue weighted by Gasteiger charge is -2.11. The van der Waals surface area contributed by atoms with Crippen LogP contribution in [-0.2, 0) is 19.5 Å². The fourth-order valence-electron chi connectivity index (χ4n) is 3.72. The number of hydrogen-bond donors (Lipinski definition) is 2. The molecule has 0 unspecified atom stereocenters. The minimum Gasteiger partial charge on any atom is -0.478 e. The molecule has 2 aromatic carbocycles. The van der Waals surface area contributed by atoms with E-state index in [1.807, 2.05) is 56.3 Å². The minimum absolute atomic E-state index is 0.397. The SMILES string of the molecule is C=Cc1ccc(Cn2c(C)c(CNCCc3ccc(Cl)cc3)c(C(=O)O)c2C)cc1. The number of nitrogens with one attached hydrogen (secondary N) is 1. The van der Waals surface area contributed by atoms with Crippen LogP contribution >= 0.6 is 11.6 Å². The van der Waals surface area contributed by atoms with Gasteiger partial charge in [0.2, 0.25) is 0 Å². The van der Waals surface area contributed by atoms with Crippen LogP contribution in [0.15, 0.2) is 55.1 Å². The maximum atomic E-state index is 12.0. The van der Waals surface area contributed by atoms with Crippen molar-refractivity contribution in [3.05, 3.63) is 99.3 Å². The molecule has 0 atom stereocenters. The molecule has 1 aromatic heterocycles. The van der Waals surface area contributed by atoms with E-state index < -0.39 is 5.97 Å². The number of rotatable bonds is 9. The molecule has 0 bridgehead atoms. The maximum absolute atomic E-state index is 12.0. The lowest BCUT2D eigenvalue weighted by Crippen LogP contribution is -2.18. The average Bonchev–Trinajstić information content (AvgIpc) is 2.97. The molecule has 0 saturated carbocycles. The van der Waals surface area contributed by atoms with Crippen molar-refractivity contribution < 1.29 is 9.90 Å². The van der Waals surface area contributed by atoms with E-state index in [0.29, 0.717) is 18.7 Å². The van der Waals surface area contributed by atoms with E-state index in [0.717, 1.165) is 46.1 Å². The van der Waals surface area contributed by atoms with Crippen LogP contribution in [0.25, 0.3) is 6.08 Å². The first kappa shape index (κ1) is 21.9. The number of carboxylic acid groups (broad SMARTS) is 1. The smallest absolute Gasteiger partial charge is 0.337 e. The van der Waals surface area contributed by atoms with Gasteiger partial charge in [0, 0.05) is 35.1 Å². The van der Waals surface area contributed by atoms with Gasteiger partial charge >= 0.3 is 5.97 Å². The molecular weight excluding hydrogens is 396 g/mol. The first-order chi connectivity index (χ1) is 14.4. The number of nitrogens with zero attached hydrogens (tertiary/aromatic N) is 1. The van der Waals surface area contributed by atoms with E-state index in [9.17, 15) is 9.90 Å². The number of aromatic nitrogens is 1. The Morgan fingerprint density at radius 2 is 1.70 bits per heavy atom. The molecule has 0 aliphatic rings. The second kappa shape index (κ2) is 9.79. The summed E-state index contributed by atoms with van der Waals surface area (Å²) >= 11 is 5.93. The van der Waals surface area contributed by atoms with E-state index in [1.54, 1.807) is 0 Å². The molecule has 3 aromatic rings. The molecule has 0 fully saturated rings. The first-order valence-corrected chi connectivity index (χ1v) is 10.4. The van der Waals surface area contributed by atoms with Gasteiger partial charge in [-0.25, -0.2) is 4.79 Å². The quantitative estimate of drug-likeness (QED) is 0.449. The molecule has 2 N–H and O–H groups in total. The summed E-state index contributed by atoms with van der Waals surface area (Å²) in [6, 6.07) is 15.9. The molecule has 30 heavy (non-hydrogen) atoms. The molecular formula is C25H27ClN2O2. The van der Waals surface area contributed by atoms with Crippen LogP contribution in [0, 0.1) is 13.8 Å². The molecule has 5 heteroatoms. The number of hydrogen-bond acceptors (Lipinski definition) is 2. The van der Waals surface area contributed by atoms with E-state index in [-0.39, 0.29) is 0 Å². The second-order valence-electron chi connectivity index (χ2n) is 7.41. The van der Waals surface area contributed by atoms with E-state index in [2.05, 4.69) is 28.6 Å². The Hall–Kier alpha value is -2.82. The molecule has 3 rings (SSSR count). The van der Waals surface area contributed by atoms with Crippen molar-refractivity contribution >= 4 is 23.6 Å². The highest BCUT2D eigenvalue weighted by atomic mass is 35.5. The van der Waals surface area contributed by atoms with Crippen molar-refractivity contribution in [1.29, 1.82) is 0 Å². The fraction of sp³-hybridized carbons (Fsp3) is 0.240. The molecule has 1 heterocycles. The van der Waals surface area contributed by atoms with Gasteiger partial charge < -0.3 is 15.0 Å². The van der Waals surface area contributed by atoms with Crippen LogP contribution in [0.2, 0.25) is 5.02 Å². The van der Waals surface area contributed by atoms with Gasteiger partial charge in [-0.2, -0.15) is 0 Å². The van der Waals surface area contributed by atoms with Crippen LogP contribution in [0.3, 0.4) is 0 Å². The monoisotopic (exact) mass is 422 g/mol. The van der Waals surface area contributed by atoms with Gasteiger partial charge in [-0.3, -0.25) is 0 Å². The third-order valence-electron chi connectivity index (χ3n) is 5.49. The fourth-order valence-corrected chi connectivity index (χ4v) is 3.85. The van der Waals surface area contributed by atoms with Crippen molar-refractivity contribution in [2.45, 2.75) is 33.4 Å². The van der Waals surface area contributed by atoms with Crippen LogP contribution in [0.5, 0.6) is 0 Å². The molecule has 0 aliphatic carbocycles. The van der Waals surface area contributed by atoms with Crippen molar-refractivity contribution in [3.8, 4) is 0 Å². The van der Waals surface area contributed by atoms with Gasteiger partial charge in [-0.1, -0.05) is 60.7 Å². The van der Waals surface area contributed by atoms with Crippen LogP contribution in [0.1, 0.15) is 44.0 Å². The molecule has 0 amide bonds. The third kappa shape index (κ3) is 5.02. The summed E-state index contributed by atoms with van der Waals surface area (Å²) in [5, 5.41) is 13.9. The van der Waals surface area contributed by atoms with Crippen molar-refractivity contribution in [1.82, 2.24) is 9.88 Å². The highest BCUT2D eigenvalue weighted by Gasteiger charge is 2.22. The van der Waals surface area contributed by atoms with Gasteiger partial charge in [0.15, 0.2) is 0 Å². The predicted octanol–water partition coefficient (Wildman–Crippen LogP) is 5.48. The summed E-state index contributed by atoms with van der Waals surface area (Å²) in [5.41, 5.74) is 6.39. The Bertz CT molecular complexity index is 1030. The molecule has 0 aliphatic heterocycles. The normalized spacial score (nSPS) is 10.9. The van der Waals surface area contributed by atoms with Crippen molar-refractivity contribution in [3.63, 3.8) is 0 Å². The Balaban J connectivity index is 1.74. The molecule has 0 spiro atoms. The number of aromatic carboxylic acids is 1. The predicted molar refractivity (Wildman–Crippen MR) is 123 cm³/mol. The van der Waals surface area contributed by atoms with Gasteiger partial charge in [-0.05, 0) is 55.6 Å². The van der Waals surface area contributed by atoms with Crippen LogP contribution in [-0.4, -0.2) is 22.2 Å². The number of halogens is 1. The molecule has 0 saturated heterocycles. The summed E-state index contributed by atoms with van der Waals surface area (Å²) in [4.78, 5) is 12.0. The standard InChI is InChI=1S/C25H27ClN2O2/c1-4-19-5-7-21(8-6-19)16-28-17(2)23(24(18(28)3)25(29)30)15-27-14-13-20-9-11-22(26)12-10-20/h4-12,27H,1,13-16H2,2-3H3,(H,29,30). The number of benzene rings is 2. The third-order valence-corrected chi connectivity index (χ3v) is 5.74. The van der Waals surface area contributed by atoms with Gasteiger partial charge in [-0.15, -0.1) is 0 Å². The lowest BCUT2D eigenvalue weighted by atomic mass is 10.1.